The minimum atomic E-state index is -4.76. The van der Waals surface area contributed by atoms with Gasteiger partial charge in [-0.25, -0.2) is 9.18 Å². The third kappa shape index (κ3) is 3.59. The van der Waals surface area contributed by atoms with E-state index in [1.807, 2.05) is 0 Å². The second kappa shape index (κ2) is 7.56. The van der Waals surface area contributed by atoms with Crippen LogP contribution in [0, 0.1) is 12.3 Å². The molecule has 0 radical (unpaired) electrons. The van der Waals surface area contributed by atoms with Gasteiger partial charge in [0.25, 0.3) is 0 Å². The molecule has 0 amide bonds. The summed E-state index contributed by atoms with van der Waals surface area (Å²) >= 11 is 0. The molecule has 0 spiro atoms. The normalized spacial score (nSPS) is 11.2. The highest BCUT2D eigenvalue weighted by atomic mass is 19.4. The first-order valence-corrected chi connectivity index (χ1v) is 7.81. The molecule has 144 valence electrons. The largest absolute Gasteiger partial charge is 0.462 e. The van der Waals surface area contributed by atoms with Gasteiger partial charge in [0.2, 0.25) is 6.86 Å². The van der Waals surface area contributed by atoms with Gasteiger partial charge in [0.05, 0.1) is 34.9 Å². The number of halogens is 4. The fraction of sp³-hybridized carbons (Fsp3) is 0.167. The number of nitrogens with zero attached hydrogens (tertiary/aromatic N) is 3. The molecule has 2 aromatic heterocycles. The maximum Gasteiger partial charge on any atom is 0.416 e. The Morgan fingerprint density at radius 1 is 1.32 bits per heavy atom. The van der Waals surface area contributed by atoms with Crippen LogP contribution in [0.25, 0.3) is 16.6 Å². The van der Waals surface area contributed by atoms with Crippen molar-refractivity contribution in [2.24, 2.45) is 0 Å². The number of ether oxygens (including phenoxy) is 1. The number of anilines is 1. The van der Waals surface area contributed by atoms with E-state index in [0.717, 1.165) is 10.6 Å². The van der Waals surface area contributed by atoms with Gasteiger partial charge in [0.1, 0.15) is 11.6 Å². The second-order valence-corrected chi connectivity index (χ2v) is 5.47. The maximum absolute atomic E-state index is 13.4. The highest BCUT2D eigenvalue weighted by molar-refractivity contribution is 5.96. The molecule has 10 heteroatoms. The fourth-order valence-electron chi connectivity index (χ4n) is 2.65. The highest BCUT2D eigenvalue weighted by Crippen LogP contribution is 2.38. The van der Waals surface area contributed by atoms with Crippen molar-refractivity contribution in [1.29, 1.82) is 0 Å². The molecule has 0 atom stereocenters. The number of hydrogen-bond acceptors (Lipinski definition) is 5. The molecule has 0 saturated carbocycles. The Hall–Kier alpha value is -3.61. The van der Waals surface area contributed by atoms with E-state index in [2.05, 4.69) is 21.2 Å². The van der Waals surface area contributed by atoms with E-state index in [0.29, 0.717) is 6.07 Å². The van der Waals surface area contributed by atoms with Gasteiger partial charge in [-0.2, -0.15) is 18.2 Å². The number of terminal acetylenes is 1. The lowest BCUT2D eigenvalue weighted by Crippen LogP contribution is -2.24. The monoisotopic (exact) mass is 392 g/mol. The average molecular weight is 392 g/mol. The first kappa shape index (κ1) is 19.2. The van der Waals surface area contributed by atoms with Crippen molar-refractivity contribution in [1.82, 2.24) is 14.5 Å². The van der Waals surface area contributed by atoms with Crippen molar-refractivity contribution in [2.75, 3.05) is 18.7 Å². The topological polar surface area (TPSA) is 69.0 Å². The van der Waals surface area contributed by atoms with Crippen molar-refractivity contribution in [2.45, 2.75) is 6.18 Å². The van der Waals surface area contributed by atoms with Crippen molar-refractivity contribution in [3.05, 3.63) is 52.7 Å². The maximum atomic E-state index is 13.4. The number of pyridine rings is 1. The van der Waals surface area contributed by atoms with Gasteiger partial charge in [0.15, 0.2) is 0 Å². The van der Waals surface area contributed by atoms with E-state index in [4.69, 9.17) is 11.2 Å². The number of benzene rings is 1. The van der Waals surface area contributed by atoms with Crippen LogP contribution < -0.4 is 15.7 Å². The number of hydrogen-bond donors (Lipinski definition) is 1. The molecule has 0 unspecified atom stereocenters. The highest BCUT2D eigenvalue weighted by Gasteiger charge is 2.33. The zero-order valence-electron chi connectivity index (χ0n) is 14.1. The number of fused-ring (bicyclic) bond motifs is 1. The van der Waals surface area contributed by atoms with Crippen LogP contribution in [0.3, 0.4) is 0 Å². The molecule has 1 aromatic carbocycles. The zero-order valence-corrected chi connectivity index (χ0v) is 14.1. The van der Waals surface area contributed by atoms with E-state index in [1.54, 1.807) is 0 Å². The van der Waals surface area contributed by atoms with Crippen LogP contribution in [0.5, 0.6) is 5.75 Å². The standard InChI is InChI=1S/C18H12F4N4O2/c1-2-5-24-16-15-13(7-11(18(20,21)22)8-14(15)28-10-19)26(17(27)25-16)12-4-3-6-23-9-12/h1,3-4,6-9H,5,10H2,(H,24,25,27). The van der Waals surface area contributed by atoms with E-state index in [1.165, 1.54) is 24.5 Å². The summed E-state index contributed by atoms with van der Waals surface area (Å²) in [4.78, 5) is 20.3. The van der Waals surface area contributed by atoms with E-state index >= 15 is 0 Å². The summed E-state index contributed by atoms with van der Waals surface area (Å²) in [6, 6.07) is 4.38. The first-order chi connectivity index (χ1) is 13.4. The predicted octanol–water partition coefficient (Wildman–Crippen LogP) is 3.15. The van der Waals surface area contributed by atoms with Crippen LogP contribution in [0.4, 0.5) is 23.4 Å². The first-order valence-electron chi connectivity index (χ1n) is 7.81. The molecule has 0 aliphatic rings. The Morgan fingerprint density at radius 2 is 2.11 bits per heavy atom. The molecule has 0 bridgehead atoms. The minimum Gasteiger partial charge on any atom is -0.462 e. The summed E-state index contributed by atoms with van der Waals surface area (Å²) in [5, 5.41) is 2.63. The van der Waals surface area contributed by atoms with Crippen LogP contribution in [0.2, 0.25) is 0 Å². The lowest BCUT2D eigenvalue weighted by Gasteiger charge is -2.18. The smallest absolute Gasteiger partial charge is 0.416 e. The molecule has 0 aliphatic carbocycles. The molecule has 6 nitrogen and oxygen atoms in total. The summed E-state index contributed by atoms with van der Waals surface area (Å²) in [5.74, 6) is 1.72. The van der Waals surface area contributed by atoms with Gasteiger partial charge in [-0.1, -0.05) is 5.92 Å². The lowest BCUT2D eigenvalue weighted by molar-refractivity contribution is -0.137. The number of nitrogens with one attached hydrogen (secondary N) is 1. The van der Waals surface area contributed by atoms with Crippen molar-refractivity contribution in [3.63, 3.8) is 0 Å². The van der Waals surface area contributed by atoms with Gasteiger partial charge in [-0.3, -0.25) is 9.55 Å². The number of rotatable bonds is 5. The summed E-state index contributed by atoms with van der Waals surface area (Å²) in [5.41, 5.74) is -2.00. The van der Waals surface area contributed by atoms with E-state index in [-0.39, 0.29) is 29.0 Å². The minimum absolute atomic E-state index is 0.0237. The van der Waals surface area contributed by atoms with Crippen LogP contribution in [0.1, 0.15) is 5.56 Å². The predicted molar refractivity (Wildman–Crippen MR) is 94.1 cm³/mol. The molecule has 3 aromatic rings. The summed E-state index contributed by atoms with van der Waals surface area (Å²) in [6.07, 6.45) is 3.15. The van der Waals surface area contributed by atoms with Crippen molar-refractivity contribution in [3.8, 4) is 23.8 Å². The van der Waals surface area contributed by atoms with Gasteiger partial charge in [-0.15, -0.1) is 6.42 Å². The zero-order chi connectivity index (χ0) is 20.3. The number of alkyl halides is 4. The molecule has 2 heterocycles. The van der Waals surface area contributed by atoms with Crippen molar-refractivity contribution < 1.29 is 22.3 Å². The Morgan fingerprint density at radius 3 is 2.71 bits per heavy atom. The molecule has 0 aliphatic heterocycles. The Kier molecular flexibility index (Phi) is 5.17. The summed E-state index contributed by atoms with van der Waals surface area (Å²) in [6.45, 7) is -1.44. The molecule has 0 saturated heterocycles. The van der Waals surface area contributed by atoms with Crippen molar-refractivity contribution >= 4 is 16.7 Å². The van der Waals surface area contributed by atoms with Gasteiger partial charge in [0, 0.05) is 6.20 Å². The SMILES string of the molecule is C#CCNc1nc(=O)n(-c2cccnc2)c2cc(C(F)(F)F)cc(OCF)c12. The average Bonchev–Trinajstić information content (AvgIpc) is 2.66. The fourth-order valence-corrected chi connectivity index (χ4v) is 2.65. The molecule has 0 fully saturated rings. The van der Waals surface area contributed by atoms with E-state index in [9.17, 15) is 22.4 Å². The molecule has 28 heavy (non-hydrogen) atoms. The second-order valence-electron chi connectivity index (χ2n) is 5.47. The van der Waals surface area contributed by atoms with Gasteiger partial charge >= 0.3 is 11.9 Å². The Bertz CT molecular complexity index is 1100. The van der Waals surface area contributed by atoms with Gasteiger partial charge in [-0.05, 0) is 24.3 Å². The Balaban J connectivity index is 2.47. The summed E-state index contributed by atoms with van der Waals surface area (Å²) in [7, 11) is 0. The molecular weight excluding hydrogens is 380 g/mol. The molecule has 1 N–H and O–H groups in total. The molecule has 3 rings (SSSR count). The van der Waals surface area contributed by atoms with Crippen LogP contribution in [-0.4, -0.2) is 27.9 Å². The third-order valence-electron chi connectivity index (χ3n) is 3.76. The number of aromatic nitrogens is 3. The molecular formula is C18H12F4N4O2. The van der Waals surface area contributed by atoms with Crippen LogP contribution in [-0.2, 0) is 6.18 Å². The summed E-state index contributed by atoms with van der Waals surface area (Å²) < 4.78 is 58.7. The van der Waals surface area contributed by atoms with E-state index < -0.39 is 30.0 Å². The lowest BCUT2D eigenvalue weighted by atomic mass is 10.1. The van der Waals surface area contributed by atoms with Crippen LogP contribution >= 0.6 is 0 Å². The van der Waals surface area contributed by atoms with Gasteiger partial charge < -0.3 is 10.1 Å². The third-order valence-corrected chi connectivity index (χ3v) is 3.76. The quantitative estimate of drug-likeness (QED) is 0.534. The Labute approximate surface area is 155 Å². The van der Waals surface area contributed by atoms with Crippen LogP contribution in [0.15, 0.2) is 41.5 Å².